The van der Waals surface area contributed by atoms with Gasteiger partial charge in [0.1, 0.15) is 10.7 Å². The summed E-state index contributed by atoms with van der Waals surface area (Å²) in [6.45, 7) is 5.85. The Labute approximate surface area is 183 Å². The summed E-state index contributed by atoms with van der Waals surface area (Å²) in [7, 11) is 0. The first-order chi connectivity index (χ1) is 14.1. The highest BCUT2D eigenvalue weighted by atomic mass is 35.5. The van der Waals surface area contributed by atoms with Crippen molar-refractivity contribution in [3.8, 4) is 5.69 Å². The molecule has 0 bridgehead atoms. The van der Waals surface area contributed by atoms with Crippen molar-refractivity contribution in [1.29, 1.82) is 0 Å². The first-order valence-electron chi connectivity index (χ1n) is 9.26. The Morgan fingerprint density at radius 3 is 2.73 bits per heavy atom. The van der Waals surface area contributed by atoms with Crippen LogP contribution in [0.1, 0.15) is 26.5 Å². The molecular weight excluding hydrogens is 427 g/mol. The lowest BCUT2D eigenvalue weighted by Gasteiger charge is -2.29. The van der Waals surface area contributed by atoms with E-state index in [9.17, 15) is 14.3 Å². The highest BCUT2D eigenvalue weighted by Crippen LogP contribution is 2.33. The molecule has 2 aromatic heterocycles. The molecule has 6 nitrogen and oxygen atoms in total. The van der Waals surface area contributed by atoms with Gasteiger partial charge in [-0.2, -0.15) is 5.10 Å². The van der Waals surface area contributed by atoms with E-state index in [4.69, 9.17) is 11.6 Å². The number of rotatable bonds is 6. The van der Waals surface area contributed by atoms with Gasteiger partial charge in [0.05, 0.1) is 10.7 Å². The van der Waals surface area contributed by atoms with Gasteiger partial charge in [-0.05, 0) is 35.7 Å². The smallest absolute Gasteiger partial charge is 0.404 e. The van der Waals surface area contributed by atoms with E-state index in [-0.39, 0.29) is 22.2 Å². The molecule has 2 heterocycles. The van der Waals surface area contributed by atoms with Crippen LogP contribution < -0.4 is 5.32 Å². The summed E-state index contributed by atoms with van der Waals surface area (Å²) < 4.78 is 16.2. The van der Waals surface area contributed by atoms with E-state index in [0.717, 1.165) is 4.90 Å². The Morgan fingerprint density at radius 1 is 1.33 bits per heavy atom. The number of carboxylic acid groups (broad SMARTS) is 1. The van der Waals surface area contributed by atoms with Gasteiger partial charge in [0.2, 0.25) is 0 Å². The van der Waals surface area contributed by atoms with Crippen LogP contribution in [0.15, 0.2) is 58.7 Å². The van der Waals surface area contributed by atoms with Gasteiger partial charge in [-0.15, -0.1) is 0 Å². The number of carbonyl (C=O) groups is 1. The molecule has 0 radical (unpaired) electrons. The molecule has 0 spiro atoms. The monoisotopic (exact) mass is 448 g/mol. The SMILES string of the molecule is CC(C)(C)C(Cc1cc(Sc2cccnc2)n(-c2cccc(Cl)c2F)n1)NC(=O)O. The number of hydrogen-bond acceptors (Lipinski definition) is 4. The second-order valence-corrected chi connectivity index (χ2v) is 9.32. The van der Waals surface area contributed by atoms with E-state index in [1.54, 1.807) is 24.5 Å². The van der Waals surface area contributed by atoms with Crippen LogP contribution in [0.2, 0.25) is 5.02 Å². The first-order valence-corrected chi connectivity index (χ1v) is 10.5. The maximum absolute atomic E-state index is 14.7. The fraction of sp³-hybridized carbons (Fsp3) is 0.286. The Bertz CT molecular complexity index is 1040. The third kappa shape index (κ3) is 5.31. The molecule has 3 aromatic rings. The largest absolute Gasteiger partial charge is 0.465 e. The fourth-order valence-electron chi connectivity index (χ4n) is 2.87. The van der Waals surface area contributed by atoms with Crippen molar-refractivity contribution in [3.05, 3.63) is 65.3 Å². The second kappa shape index (κ2) is 9.06. The predicted molar refractivity (Wildman–Crippen MR) is 115 cm³/mol. The Morgan fingerprint density at radius 2 is 2.10 bits per heavy atom. The van der Waals surface area contributed by atoms with E-state index in [2.05, 4.69) is 15.4 Å². The van der Waals surface area contributed by atoms with Crippen LogP contribution in [0.3, 0.4) is 0 Å². The van der Waals surface area contributed by atoms with Crippen LogP contribution in [0.25, 0.3) is 5.69 Å². The molecular formula is C21H22ClFN4O2S. The van der Waals surface area contributed by atoms with Crippen molar-refractivity contribution in [2.45, 2.75) is 43.2 Å². The zero-order valence-corrected chi connectivity index (χ0v) is 18.3. The molecule has 0 saturated carbocycles. The lowest BCUT2D eigenvalue weighted by Crippen LogP contribution is -2.44. The number of amides is 1. The van der Waals surface area contributed by atoms with Gasteiger partial charge in [-0.25, -0.2) is 13.9 Å². The maximum atomic E-state index is 14.7. The van der Waals surface area contributed by atoms with Gasteiger partial charge in [-0.1, -0.05) is 50.2 Å². The molecule has 0 aliphatic rings. The first kappa shape index (κ1) is 22.1. The molecule has 0 fully saturated rings. The number of aromatic nitrogens is 3. The van der Waals surface area contributed by atoms with Gasteiger partial charge < -0.3 is 10.4 Å². The number of hydrogen-bond donors (Lipinski definition) is 2. The van der Waals surface area contributed by atoms with Crippen LogP contribution in [-0.4, -0.2) is 32.0 Å². The van der Waals surface area contributed by atoms with E-state index in [0.29, 0.717) is 17.1 Å². The lowest BCUT2D eigenvalue weighted by molar-refractivity contribution is 0.174. The van der Waals surface area contributed by atoms with E-state index in [1.807, 2.05) is 39.0 Å². The molecule has 158 valence electrons. The summed E-state index contributed by atoms with van der Waals surface area (Å²) in [6, 6.07) is 9.90. The van der Waals surface area contributed by atoms with E-state index < -0.39 is 11.9 Å². The molecule has 30 heavy (non-hydrogen) atoms. The van der Waals surface area contributed by atoms with E-state index >= 15 is 0 Å². The lowest BCUT2D eigenvalue weighted by atomic mass is 9.84. The summed E-state index contributed by atoms with van der Waals surface area (Å²) in [5, 5.41) is 17.0. The quantitative estimate of drug-likeness (QED) is 0.525. The third-order valence-corrected chi connectivity index (χ3v) is 5.77. The average Bonchev–Trinajstić information content (AvgIpc) is 3.05. The molecule has 2 N–H and O–H groups in total. The van der Waals surface area contributed by atoms with Gasteiger partial charge in [0.25, 0.3) is 0 Å². The Kier molecular flexibility index (Phi) is 6.67. The van der Waals surface area contributed by atoms with Crippen LogP contribution in [-0.2, 0) is 6.42 Å². The predicted octanol–water partition coefficient (Wildman–Crippen LogP) is 5.44. The van der Waals surface area contributed by atoms with Gasteiger partial charge >= 0.3 is 6.09 Å². The van der Waals surface area contributed by atoms with Crippen molar-refractivity contribution in [2.75, 3.05) is 0 Å². The van der Waals surface area contributed by atoms with Crippen LogP contribution in [0, 0.1) is 11.2 Å². The molecule has 1 aromatic carbocycles. The van der Waals surface area contributed by atoms with Crippen LogP contribution >= 0.6 is 23.4 Å². The summed E-state index contributed by atoms with van der Waals surface area (Å²) >= 11 is 7.36. The summed E-state index contributed by atoms with van der Waals surface area (Å²) in [6.07, 6.45) is 2.64. The summed E-state index contributed by atoms with van der Waals surface area (Å²) in [5.74, 6) is -0.571. The summed E-state index contributed by atoms with van der Waals surface area (Å²) in [4.78, 5) is 16.2. The third-order valence-electron chi connectivity index (χ3n) is 4.50. The van der Waals surface area contributed by atoms with E-state index in [1.165, 1.54) is 22.5 Å². The zero-order valence-electron chi connectivity index (χ0n) is 16.8. The minimum Gasteiger partial charge on any atom is -0.465 e. The topological polar surface area (TPSA) is 80.0 Å². The molecule has 0 saturated heterocycles. The molecule has 9 heteroatoms. The number of halogens is 2. The summed E-state index contributed by atoms with van der Waals surface area (Å²) in [5.41, 5.74) is 0.522. The maximum Gasteiger partial charge on any atom is 0.404 e. The van der Waals surface area contributed by atoms with Crippen molar-refractivity contribution in [3.63, 3.8) is 0 Å². The van der Waals surface area contributed by atoms with Crippen molar-refractivity contribution >= 4 is 29.5 Å². The normalized spacial score (nSPS) is 12.6. The number of pyridine rings is 1. The van der Waals surface area contributed by atoms with Crippen molar-refractivity contribution in [2.24, 2.45) is 5.41 Å². The number of benzene rings is 1. The van der Waals surface area contributed by atoms with Crippen LogP contribution in [0.5, 0.6) is 0 Å². The molecule has 1 atom stereocenters. The molecule has 1 unspecified atom stereocenters. The number of nitrogens with zero attached hydrogens (tertiary/aromatic N) is 3. The molecule has 3 rings (SSSR count). The highest BCUT2D eigenvalue weighted by Gasteiger charge is 2.28. The van der Waals surface area contributed by atoms with Gasteiger partial charge in [-0.3, -0.25) is 4.98 Å². The minimum atomic E-state index is -1.10. The van der Waals surface area contributed by atoms with Gasteiger partial charge in [0.15, 0.2) is 5.82 Å². The molecule has 1 amide bonds. The molecule has 0 aliphatic carbocycles. The Balaban J connectivity index is 2.03. The number of nitrogens with one attached hydrogen (secondary N) is 1. The van der Waals surface area contributed by atoms with Crippen LogP contribution in [0.4, 0.5) is 9.18 Å². The molecule has 0 aliphatic heterocycles. The average molecular weight is 449 g/mol. The highest BCUT2D eigenvalue weighted by molar-refractivity contribution is 7.99. The van der Waals surface area contributed by atoms with Crippen molar-refractivity contribution in [1.82, 2.24) is 20.1 Å². The standard InChI is InChI=1S/C21H22ClFN4O2S/c1-21(2,3)17(25-20(28)29)10-13-11-18(30-14-6-5-9-24-12-14)27(26-13)16-8-4-7-15(22)19(16)23/h4-9,11-12,17,25H,10H2,1-3H3,(H,28,29). The minimum absolute atomic E-state index is 0.00184. The fourth-order valence-corrected chi connectivity index (χ4v) is 3.96. The second-order valence-electron chi connectivity index (χ2n) is 7.82. The van der Waals surface area contributed by atoms with Crippen molar-refractivity contribution < 1.29 is 14.3 Å². The Hall–Kier alpha value is -2.58. The zero-order chi connectivity index (χ0) is 21.9. The van der Waals surface area contributed by atoms with Gasteiger partial charge in [0, 0.05) is 29.8 Å².